The van der Waals surface area contributed by atoms with Gasteiger partial charge in [0.1, 0.15) is 17.4 Å². The topological polar surface area (TPSA) is 129 Å². The molecule has 0 saturated heterocycles. The Balaban J connectivity index is 1.40. The highest BCUT2D eigenvalue weighted by atomic mass is 16.5. The van der Waals surface area contributed by atoms with Crippen LogP contribution in [0.4, 0.5) is 5.95 Å². The van der Waals surface area contributed by atoms with Crippen LogP contribution in [0.25, 0.3) is 33.4 Å². The van der Waals surface area contributed by atoms with Gasteiger partial charge in [0.05, 0.1) is 12.8 Å². The fourth-order valence-electron chi connectivity index (χ4n) is 4.37. The lowest BCUT2D eigenvalue weighted by Gasteiger charge is -2.10. The van der Waals surface area contributed by atoms with Crippen LogP contribution in [0, 0.1) is 0 Å². The molecule has 0 saturated carbocycles. The summed E-state index contributed by atoms with van der Waals surface area (Å²) in [5.74, 6) is -0.00891. The van der Waals surface area contributed by atoms with Crippen LogP contribution < -0.4 is 16.2 Å². The molecule has 0 amide bonds. The second-order valence-electron chi connectivity index (χ2n) is 8.89. The van der Waals surface area contributed by atoms with Gasteiger partial charge in [-0.25, -0.2) is 4.98 Å². The van der Waals surface area contributed by atoms with Crippen molar-refractivity contribution >= 4 is 23.0 Å². The van der Waals surface area contributed by atoms with E-state index in [2.05, 4.69) is 44.9 Å². The van der Waals surface area contributed by atoms with Gasteiger partial charge in [-0.05, 0) is 46.9 Å². The molecular weight excluding hydrogens is 466 g/mol. The van der Waals surface area contributed by atoms with Crippen LogP contribution in [0.15, 0.2) is 85.1 Å². The highest BCUT2D eigenvalue weighted by molar-refractivity contribution is 5.92. The first-order chi connectivity index (χ1) is 17.9. The summed E-state index contributed by atoms with van der Waals surface area (Å²) in [7, 11) is 1.67. The van der Waals surface area contributed by atoms with E-state index in [-0.39, 0.29) is 12.4 Å². The Kier molecular flexibility index (Phi) is 6.57. The average molecular weight is 494 g/mol. The number of carboxylic acid groups (broad SMARTS) is 1. The number of rotatable bonds is 8. The number of benzene rings is 3. The van der Waals surface area contributed by atoms with E-state index in [1.54, 1.807) is 7.11 Å². The third-order valence-corrected chi connectivity index (χ3v) is 6.35. The van der Waals surface area contributed by atoms with Crippen molar-refractivity contribution in [2.75, 3.05) is 12.8 Å². The first kappa shape index (κ1) is 24.0. The number of nitrogens with zero attached hydrogens (tertiary/aromatic N) is 3. The zero-order valence-electron chi connectivity index (χ0n) is 20.3. The Hall–Kier alpha value is -4.69. The summed E-state index contributed by atoms with van der Waals surface area (Å²) in [4.78, 5) is 20.1. The summed E-state index contributed by atoms with van der Waals surface area (Å²) in [6.45, 7) is 0.629. The molecule has 3 aromatic carbocycles. The van der Waals surface area contributed by atoms with Gasteiger partial charge >= 0.3 is 5.97 Å². The zero-order valence-corrected chi connectivity index (χ0v) is 20.3. The Labute approximate surface area is 214 Å². The quantitative estimate of drug-likeness (QED) is 0.293. The Bertz CT molecular complexity index is 1560. The lowest BCUT2D eigenvalue weighted by atomic mass is 10.0. The smallest absolute Gasteiger partial charge is 0.320 e. The maximum atomic E-state index is 11.1. The standard InChI is InChI=1S/C29H27N5O3/c1-37-23-4-2-3-22(16-23)20-9-7-19(8-10-20)17-34-14-13-24-26(32-29(31)33-27(24)34)21-11-5-18(6-12-21)15-25(30)28(35)36/h2-14,16,25H,15,17,30H2,1H3,(H,35,36)(H2,31,32,33). The minimum absolute atomic E-state index is 0.188. The van der Waals surface area contributed by atoms with Crippen molar-refractivity contribution in [1.82, 2.24) is 14.5 Å². The summed E-state index contributed by atoms with van der Waals surface area (Å²) >= 11 is 0. The van der Waals surface area contributed by atoms with Crippen molar-refractivity contribution in [2.45, 2.75) is 19.0 Å². The van der Waals surface area contributed by atoms with Crippen LogP contribution in [0.5, 0.6) is 5.75 Å². The van der Waals surface area contributed by atoms with Crippen molar-refractivity contribution in [3.63, 3.8) is 0 Å². The summed E-state index contributed by atoms with van der Waals surface area (Å²) in [6, 6.07) is 25.0. The molecule has 1 unspecified atom stereocenters. The van der Waals surface area contributed by atoms with E-state index < -0.39 is 12.0 Å². The monoisotopic (exact) mass is 493 g/mol. The lowest BCUT2D eigenvalue weighted by molar-refractivity contribution is -0.138. The normalized spacial score (nSPS) is 11.9. The van der Waals surface area contributed by atoms with E-state index in [1.165, 1.54) is 0 Å². The highest BCUT2D eigenvalue weighted by Crippen LogP contribution is 2.29. The fraction of sp³-hybridized carbons (Fsp3) is 0.138. The number of anilines is 1. The second kappa shape index (κ2) is 10.1. The molecule has 2 aromatic heterocycles. The van der Waals surface area contributed by atoms with Crippen LogP contribution in [0.1, 0.15) is 11.1 Å². The third kappa shape index (κ3) is 5.14. The zero-order chi connectivity index (χ0) is 25.9. The summed E-state index contributed by atoms with van der Waals surface area (Å²) in [5.41, 5.74) is 18.3. The van der Waals surface area contributed by atoms with Gasteiger partial charge in [-0.1, -0.05) is 60.7 Å². The van der Waals surface area contributed by atoms with Gasteiger partial charge in [-0.2, -0.15) is 4.98 Å². The molecule has 37 heavy (non-hydrogen) atoms. The van der Waals surface area contributed by atoms with E-state index in [0.29, 0.717) is 6.54 Å². The predicted octanol–water partition coefficient (Wildman–Crippen LogP) is 4.36. The number of carboxylic acids is 1. The van der Waals surface area contributed by atoms with Crippen molar-refractivity contribution < 1.29 is 14.6 Å². The number of ether oxygens (including phenoxy) is 1. The SMILES string of the molecule is COc1cccc(-c2ccc(Cn3ccc4c(-c5ccc(CC(N)C(=O)O)cc5)nc(N)nc43)cc2)c1. The number of aromatic nitrogens is 3. The molecule has 2 heterocycles. The van der Waals surface area contributed by atoms with E-state index in [1.807, 2.05) is 54.7 Å². The number of nitrogens with two attached hydrogens (primary N) is 2. The van der Waals surface area contributed by atoms with E-state index in [9.17, 15) is 4.79 Å². The van der Waals surface area contributed by atoms with Crippen molar-refractivity contribution in [3.8, 4) is 28.1 Å². The van der Waals surface area contributed by atoms with Crippen LogP contribution >= 0.6 is 0 Å². The average Bonchev–Trinajstić information content (AvgIpc) is 3.31. The number of hydrogen-bond acceptors (Lipinski definition) is 6. The molecule has 0 aliphatic carbocycles. The van der Waals surface area contributed by atoms with Crippen molar-refractivity contribution in [3.05, 3.63) is 96.2 Å². The molecule has 8 heteroatoms. The molecule has 1 atom stereocenters. The van der Waals surface area contributed by atoms with E-state index >= 15 is 0 Å². The predicted molar refractivity (Wildman–Crippen MR) is 144 cm³/mol. The number of methoxy groups -OCH3 is 1. The number of carbonyl (C=O) groups is 1. The minimum Gasteiger partial charge on any atom is -0.497 e. The fourth-order valence-corrected chi connectivity index (χ4v) is 4.37. The molecule has 0 spiro atoms. The molecule has 186 valence electrons. The van der Waals surface area contributed by atoms with Gasteiger partial charge in [-0.3, -0.25) is 4.79 Å². The number of aliphatic carboxylic acids is 1. The van der Waals surface area contributed by atoms with Crippen LogP contribution in [-0.4, -0.2) is 38.8 Å². The molecule has 0 aliphatic rings. The Morgan fingerprint density at radius 3 is 2.35 bits per heavy atom. The molecule has 8 nitrogen and oxygen atoms in total. The Morgan fingerprint density at radius 1 is 0.946 bits per heavy atom. The van der Waals surface area contributed by atoms with E-state index in [0.717, 1.165) is 50.3 Å². The maximum absolute atomic E-state index is 11.1. The third-order valence-electron chi connectivity index (χ3n) is 6.35. The minimum atomic E-state index is -1.02. The van der Waals surface area contributed by atoms with Crippen molar-refractivity contribution in [2.24, 2.45) is 5.73 Å². The molecule has 5 aromatic rings. The number of nitrogen functional groups attached to an aromatic ring is 1. The highest BCUT2D eigenvalue weighted by Gasteiger charge is 2.15. The molecule has 5 N–H and O–H groups in total. The van der Waals surface area contributed by atoms with Gasteiger partial charge < -0.3 is 25.9 Å². The van der Waals surface area contributed by atoms with Gasteiger partial charge in [0.25, 0.3) is 0 Å². The van der Waals surface area contributed by atoms with Crippen LogP contribution in [-0.2, 0) is 17.8 Å². The summed E-state index contributed by atoms with van der Waals surface area (Å²) in [6.07, 6.45) is 2.24. The first-order valence-electron chi connectivity index (χ1n) is 11.8. The summed E-state index contributed by atoms with van der Waals surface area (Å²) in [5, 5.41) is 9.94. The van der Waals surface area contributed by atoms with Crippen molar-refractivity contribution in [1.29, 1.82) is 0 Å². The lowest BCUT2D eigenvalue weighted by Crippen LogP contribution is -2.32. The Morgan fingerprint density at radius 2 is 1.65 bits per heavy atom. The number of hydrogen-bond donors (Lipinski definition) is 3. The number of fused-ring (bicyclic) bond motifs is 1. The molecular formula is C29H27N5O3. The first-order valence-corrected chi connectivity index (χ1v) is 11.8. The molecule has 5 rings (SSSR count). The van der Waals surface area contributed by atoms with Gasteiger partial charge in [0.15, 0.2) is 0 Å². The second-order valence-corrected chi connectivity index (χ2v) is 8.89. The van der Waals surface area contributed by atoms with Crippen LogP contribution in [0.3, 0.4) is 0 Å². The van der Waals surface area contributed by atoms with Gasteiger partial charge in [-0.15, -0.1) is 0 Å². The molecule has 0 aliphatic heterocycles. The van der Waals surface area contributed by atoms with Gasteiger partial charge in [0.2, 0.25) is 5.95 Å². The largest absolute Gasteiger partial charge is 0.497 e. The van der Waals surface area contributed by atoms with Gasteiger partial charge in [0, 0.05) is 23.7 Å². The maximum Gasteiger partial charge on any atom is 0.320 e. The molecule has 0 bridgehead atoms. The van der Waals surface area contributed by atoms with E-state index in [4.69, 9.17) is 21.3 Å². The molecule has 0 radical (unpaired) electrons. The summed E-state index contributed by atoms with van der Waals surface area (Å²) < 4.78 is 7.39. The molecule has 0 fully saturated rings. The van der Waals surface area contributed by atoms with Crippen LogP contribution in [0.2, 0.25) is 0 Å².